The number of fused-ring (bicyclic) bond motifs is 1. The van der Waals surface area contributed by atoms with Crippen LogP contribution >= 0.6 is 0 Å². The molecule has 10 heteroatoms. The van der Waals surface area contributed by atoms with Crippen LogP contribution in [0.2, 0.25) is 0 Å². The molecule has 2 heterocycles. The van der Waals surface area contributed by atoms with E-state index in [-0.39, 0.29) is 31.4 Å². The van der Waals surface area contributed by atoms with Gasteiger partial charge in [0.1, 0.15) is 19.4 Å². The van der Waals surface area contributed by atoms with Crippen molar-refractivity contribution in [3.8, 4) is 0 Å². The van der Waals surface area contributed by atoms with Crippen molar-refractivity contribution in [3.63, 3.8) is 0 Å². The van der Waals surface area contributed by atoms with Crippen LogP contribution in [0.1, 0.15) is 20.3 Å². The third-order valence-electron chi connectivity index (χ3n) is 3.22. The lowest BCUT2D eigenvalue weighted by atomic mass is 10.1. The Hall–Kier alpha value is -2.46. The smallest absolute Gasteiger partial charge is 0.322 e. The van der Waals surface area contributed by atoms with Gasteiger partial charge >= 0.3 is 5.97 Å². The van der Waals surface area contributed by atoms with E-state index in [1.165, 1.54) is 10.9 Å². The topological polar surface area (TPSA) is 151 Å². The highest BCUT2D eigenvalue weighted by Gasteiger charge is 2.16. The SMILES string of the molecule is CC(C)C[C@H](N)C(=O)OCCOCn1cnc2c(=O)[nH]c(N)nc21. The van der Waals surface area contributed by atoms with Crippen LogP contribution in [0.25, 0.3) is 11.2 Å². The van der Waals surface area contributed by atoms with Gasteiger partial charge in [0.2, 0.25) is 5.95 Å². The molecule has 0 unspecified atom stereocenters. The summed E-state index contributed by atoms with van der Waals surface area (Å²) in [6.45, 7) is 4.34. The molecular formula is C14H22N6O4. The minimum atomic E-state index is -0.624. The van der Waals surface area contributed by atoms with Crippen LogP contribution in [-0.2, 0) is 21.0 Å². The maximum atomic E-state index is 11.6. The van der Waals surface area contributed by atoms with Gasteiger partial charge in [-0.1, -0.05) is 13.8 Å². The normalized spacial score (nSPS) is 12.7. The molecule has 0 aliphatic rings. The Morgan fingerprint density at radius 3 is 2.88 bits per heavy atom. The molecule has 0 saturated heterocycles. The van der Waals surface area contributed by atoms with Crippen molar-refractivity contribution < 1.29 is 14.3 Å². The van der Waals surface area contributed by atoms with E-state index >= 15 is 0 Å². The molecular weight excluding hydrogens is 316 g/mol. The summed E-state index contributed by atoms with van der Waals surface area (Å²) in [6, 6.07) is -0.624. The lowest BCUT2D eigenvalue weighted by molar-refractivity contribution is -0.147. The Bertz CT molecular complexity index is 753. The molecule has 2 rings (SSSR count). The number of hydrogen-bond donors (Lipinski definition) is 3. The number of nitrogens with two attached hydrogens (primary N) is 2. The van der Waals surface area contributed by atoms with Gasteiger partial charge in [0.05, 0.1) is 12.9 Å². The zero-order valence-electron chi connectivity index (χ0n) is 13.7. The number of carbonyl (C=O) groups is 1. The van der Waals surface area contributed by atoms with Gasteiger partial charge in [0.15, 0.2) is 11.2 Å². The number of nitrogens with one attached hydrogen (secondary N) is 1. The third-order valence-corrected chi connectivity index (χ3v) is 3.22. The second-order valence-electron chi connectivity index (χ2n) is 5.78. The Labute approximate surface area is 138 Å². The molecule has 0 fully saturated rings. The summed E-state index contributed by atoms with van der Waals surface area (Å²) in [6.07, 6.45) is 2.00. The standard InChI is InChI=1S/C14H22N6O4/c1-8(2)5-9(15)13(22)24-4-3-23-7-20-6-17-10-11(20)18-14(16)19-12(10)21/h6,8-9H,3-5,7,15H2,1-2H3,(H3,16,18,19,21)/t9-/m0/s1. The number of hydrogen-bond acceptors (Lipinski definition) is 8. The Balaban J connectivity index is 1.79. The van der Waals surface area contributed by atoms with Crippen molar-refractivity contribution in [1.82, 2.24) is 19.5 Å². The molecule has 10 nitrogen and oxygen atoms in total. The second kappa shape index (κ2) is 7.88. The zero-order chi connectivity index (χ0) is 17.7. The molecule has 0 bridgehead atoms. The second-order valence-corrected chi connectivity index (χ2v) is 5.78. The van der Waals surface area contributed by atoms with Gasteiger partial charge in [0.25, 0.3) is 5.56 Å². The molecule has 1 atom stereocenters. The number of nitrogens with zero attached hydrogens (tertiary/aromatic N) is 3. The summed E-state index contributed by atoms with van der Waals surface area (Å²) >= 11 is 0. The van der Waals surface area contributed by atoms with E-state index in [0.717, 1.165) is 0 Å². The van der Waals surface area contributed by atoms with Gasteiger partial charge in [0, 0.05) is 0 Å². The first-order valence-electron chi connectivity index (χ1n) is 7.59. The molecule has 0 aliphatic carbocycles. The van der Waals surface area contributed by atoms with Crippen LogP contribution in [0, 0.1) is 5.92 Å². The zero-order valence-corrected chi connectivity index (χ0v) is 13.7. The van der Waals surface area contributed by atoms with Crippen molar-refractivity contribution in [2.75, 3.05) is 18.9 Å². The van der Waals surface area contributed by atoms with Crippen molar-refractivity contribution in [1.29, 1.82) is 0 Å². The van der Waals surface area contributed by atoms with Crippen LogP contribution in [0.4, 0.5) is 5.95 Å². The number of aromatic amines is 1. The van der Waals surface area contributed by atoms with E-state index in [4.69, 9.17) is 20.9 Å². The molecule has 0 radical (unpaired) electrons. The van der Waals surface area contributed by atoms with E-state index in [2.05, 4.69) is 15.0 Å². The highest BCUT2D eigenvalue weighted by atomic mass is 16.6. The molecule has 0 saturated carbocycles. The monoisotopic (exact) mass is 338 g/mol. The van der Waals surface area contributed by atoms with Crippen molar-refractivity contribution in [2.45, 2.75) is 33.0 Å². The summed E-state index contributed by atoms with van der Waals surface area (Å²) in [5, 5.41) is 0. The number of ether oxygens (including phenoxy) is 2. The summed E-state index contributed by atoms with van der Waals surface area (Å²) < 4.78 is 12.0. The number of esters is 1. The molecule has 0 amide bonds. The van der Waals surface area contributed by atoms with Crippen LogP contribution in [0.3, 0.4) is 0 Å². The fraction of sp³-hybridized carbons (Fsp3) is 0.571. The van der Waals surface area contributed by atoms with Crippen molar-refractivity contribution in [3.05, 3.63) is 16.7 Å². The minimum Gasteiger partial charge on any atom is -0.462 e. The van der Waals surface area contributed by atoms with Gasteiger partial charge in [-0.15, -0.1) is 0 Å². The molecule has 2 aromatic rings. The largest absolute Gasteiger partial charge is 0.462 e. The Morgan fingerprint density at radius 1 is 1.42 bits per heavy atom. The van der Waals surface area contributed by atoms with Crippen LogP contribution in [0.15, 0.2) is 11.1 Å². The maximum absolute atomic E-state index is 11.6. The molecule has 2 aromatic heterocycles. The van der Waals surface area contributed by atoms with Gasteiger partial charge in [-0.3, -0.25) is 19.1 Å². The summed E-state index contributed by atoms with van der Waals surface area (Å²) in [5.74, 6) is -0.120. The molecule has 5 N–H and O–H groups in total. The van der Waals surface area contributed by atoms with E-state index in [1.807, 2.05) is 13.8 Å². The fourth-order valence-electron chi connectivity index (χ4n) is 2.14. The summed E-state index contributed by atoms with van der Waals surface area (Å²) in [5.41, 5.74) is 11.3. The average molecular weight is 338 g/mol. The lowest BCUT2D eigenvalue weighted by Gasteiger charge is -2.13. The highest BCUT2D eigenvalue weighted by Crippen LogP contribution is 2.06. The predicted molar refractivity (Wildman–Crippen MR) is 86.9 cm³/mol. The van der Waals surface area contributed by atoms with Crippen molar-refractivity contribution >= 4 is 23.1 Å². The summed E-state index contributed by atoms with van der Waals surface area (Å²) in [7, 11) is 0. The molecule has 0 spiro atoms. The first kappa shape index (κ1) is 17.9. The van der Waals surface area contributed by atoms with Crippen LogP contribution < -0.4 is 17.0 Å². The molecule has 0 aliphatic heterocycles. The number of H-pyrrole nitrogens is 1. The minimum absolute atomic E-state index is 0.00215. The van der Waals surface area contributed by atoms with Gasteiger partial charge < -0.3 is 20.9 Å². The third kappa shape index (κ3) is 4.52. The van der Waals surface area contributed by atoms with E-state index in [9.17, 15) is 9.59 Å². The van der Waals surface area contributed by atoms with Crippen LogP contribution in [0.5, 0.6) is 0 Å². The summed E-state index contributed by atoms with van der Waals surface area (Å²) in [4.78, 5) is 33.6. The maximum Gasteiger partial charge on any atom is 0.322 e. The van der Waals surface area contributed by atoms with E-state index in [1.54, 1.807) is 0 Å². The van der Waals surface area contributed by atoms with Crippen molar-refractivity contribution in [2.24, 2.45) is 11.7 Å². The lowest BCUT2D eigenvalue weighted by Crippen LogP contribution is -2.34. The Morgan fingerprint density at radius 2 is 2.17 bits per heavy atom. The number of nitrogen functional groups attached to an aromatic ring is 1. The van der Waals surface area contributed by atoms with Gasteiger partial charge in [-0.05, 0) is 12.3 Å². The average Bonchev–Trinajstić information content (AvgIpc) is 2.89. The molecule has 24 heavy (non-hydrogen) atoms. The van der Waals surface area contributed by atoms with E-state index in [0.29, 0.717) is 18.0 Å². The number of aromatic nitrogens is 4. The first-order chi connectivity index (χ1) is 11.4. The predicted octanol–water partition coefficient (Wildman–Crippen LogP) is -0.407. The Kier molecular flexibility index (Phi) is 5.88. The number of carbonyl (C=O) groups excluding carboxylic acids is 1. The molecule has 0 aromatic carbocycles. The quantitative estimate of drug-likeness (QED) is 0.434. The first-order valence-corrected chi connectivity index (χ1v) is 7.59. The highest BCUT2D eigenvalue weighted by molar-refractivity contribution is 5.75. The number of rotatable bonds is 8. The molecule has 132 valence electrons. The van der Waals surface area contributed by atoms with E-state index < -0.39 is 17.6 Å². The van der Waals surface area contributed by atoms with Crippen LogP contribution in [-0.4, -0.2) is 44.7 Å². The number of imidazole rings is 1. The van der Waals surface area contributed by atoms with Gasteiger partial charge in [-0.25, -0.2) is 4.98 Å². The fourth-order valence-corrected chi connectivity index (χ4v) is 2.14. The number of anilines is 1. The van der Waals surface area contributed by atoms with Gasteiger partial charge in [-0.2, -0.15) is 4.98 Å².